The van der Waals surface area contributed by atoms with Crippen LogP contribution in [0.5, 0.6) is 5.75 Å². The fourth-order valence-electron chi connectivity index (χ4n) is 4.94. The van der Waals surface area contributed by atoms with Crippen LogP contribution < -0.4 is 14.4 Å². The van der Waals surface area contributed by atoms with Gasteiger partial charge in [-0.1, -0.05) is 76.1 Å². The van der Waals surface area contributed by atoms with E-state index < -0.39 is 28.5 Å². The number of carbonyl (C=O) groups excluding carboxylic acids is 2. The minimum atomic E-state index is -4.25. The normalized spacial score (nSPS) is 12.0. The Morgan fingerprint density at radius 3 is 2.15 bits per heavy atom. The molecule has 1 N–H and O–H groups in total. The molecule has 0 aliphatic carbocycles. The quantitative estimate of drug-likeness (QED) is 0.160. The number of nitrogens with zero attached hydrogens (tertiary/aromatic N) is 2. The maximum atomic E-state index is 14.5. The van der Waals surface area contributed by atoms with Gasteiger partial charge in [0, 0.05) is 23.5 Å². The average molecular weight is 772 g/mol. The summed E-state index contributed by atoms with van der Waals surface area (Å²) in [5.41, 5.74) is 2.90. The Morgan fingerprint density at radius 1 is 0.870 bits per heavy atom. The maximum absolute atomic E-state index is 14.5. The Bertz CT molecular complexity index is 1770. The summed E-state index contributed by atoms with van der Waals surface area (Å²) in [5, 5.41) is 2.97. The van der Waals surface area contributed by atoms with Crippen molar-refractivity contribution < 1.29 is 22.7 Å². The van der Waals surface area contributed by atoms with Gasteiger partial charge < -0.3 is 15.0 Å². The van der Waals surface area contributed by atoms with Crippen LogP contribution in [0.25, 0.3) is 0 Å². The van der Waals surface area contributed by atoms with Gasteiger partial charge in [-0.2, -0.15) is 0 Å². The molecule has 0 aliphatic rings. The van der Waals surface area contributed by atoms with Crippen molar-refractivity contribution in [3.8, 4) is 5.75 Å². The summed E-state index contributed by atoms with van der Waals surface area (Å²) in [5.74, 6) is -0.389. The molecule has 0 radical (unpaired) electrons. The standard InChI is InChI=1S/C35H37Br2N3O5S/c1-24(2)38-35(42)32(20-26-9-6-5-7-10-26)39(22-27-11-8-12-28(36)19-27)34(41)23-40(29-15-13-25(3)14-16-29)46(43,44)30-17-18-33(45-4)31(37)21-30/h5-19,21,24,32H,20,22-23H2,1-4H3,(H,38,42)/t32-/m1/s1. The Labute approximate surface area is 288 Å². The predicted octanol–water partition coefficient (Wildman–Crippen LogP) is 6.89. The lowest BCUT2D eigenvalue weighted by Gasteiger charge is -2.34. The van der Waals surface area contributed by atoms with Crippen LogP contribution in [-0.4, -0.2) is 50.9 Å². The van der Waals surface area contributed by atoms with E-state index >= 15 is 0 Å². The highest BCUT2D eigenvalue weighted by Crippen LogP contribution is 2.31. The topological polar surface area (TPSA) is 96.0 Å². The molecule has 0 spiro atoms. The van der Waals surface area contributed by atoms with E-state index in [0.29, 0.717) is 15.9 Å². The molecule has 242 valence electrons. The summed E-state index contributed by atoms with van der Waals surface area (Å²) in [6.45, 7) is 5.16. The zero-order valence-corrected chi connectivity index (χ0v) is 30.1. The molecule has 0 aliphatic heterocycles. The third kappa shape index (κ3) is 8.98. The van der Waals surface area contributed by atoms with Crippen molar-refractivity contribution in [1.29, 1.82) is 0 Å². The first-order valence-electron chi connectivity index (χ1n) is 14.7. The number of methoxy groups -OCH3 is 1. The number of halogens is 2. The van der Waals surface area contributed by atoms with E-state index in [9.17, 15) is 18.0 Å². The van der Waals surface area contributed by atoms with Crippen LogP contribution in [0, 0.1) is 6.92 Å². The molecule has 2 amide bonds. The molecule has 1 atom stereocenters. The van der Waals surface area contributed by atoms with Crippen LogP contribution in [-0.2, 0) is 32.6 Å². The molecule has 0 saturated carbocycles. The van der Waals surface area contributed by atoms with E-state index in [-0.39, 0.29) is 29.8 Å². The number of hydrogen-bond acceptors (Lipinski definition) is 5. The first-order valence-corrected chi connectivity index (χ1v) is 17.7. The highest BCUT2D eigenvalue weighted by atomic mass is 79.9. The monoisotopic (exact) mass is 769 g/mol. The SMILES string of the molecule is COc1ccc(S(=O)(=O)N(CC(=O)N(Cc2cccc(Br)c2)[C@H](Cc2ccccc2)C(=O)NC(C)C)c2ccc(C)cc2)cc1Br. The van der Waals surface area contributed by atoms with Crippen molar-refractivity contribution >= 4 is 59.4 Å². The number of ether oxygens (including phenoxy) is 1. The van der Waals surface area contributed by atoms with Crippen LogP contribution in [0.1, 0.15) is 30.5 Å². The Kier molecular flexibility index (Phi) is 12.0. The van der Waals surface area contributed by atoms with Crippen molar-refractivity contribution in [3.63, 3.8) is 0 Å². The number of anilines is 1. The highest BCUT2D eigenvalue weighted by Gasteiger charge is 2.35. The molecule has 4 aromatic carbocycles. The van der Waals surface area contributed by atoms with Gasteiger partial charge in [0.15, 0.2) is 0 Å². The Hall–Kier alpha value is -3.67. The van der Waals surface area contributed by atoms with E-state index in [1.165, 1.54) is 24.1 Å². The first kappa shape index (κ1) is 35.2. The summed E-state index contributed by atoms with van der Waals surface area (Å²) in [4.78, 5) is 29.8. The second-order valence-electron chi connectivity index (χ2n) is 11.2. The van der Waals surface area contributed by atoms with E-state index in [1.807, 2.05) is 75.4 Å². The maximum Gasteiger partial charge on any atom is 0.264 e. The van der Waals surface area contributed by atoms with Crippen LogP contribution in [0.2, 0.25) is 0 Å². The fourth-order valence-corrected chi connectivity index (χ4v) is 7.52. The molecule has 0 saturated heterocycles. The number of carbonyl (C=O) groups is 2. The molecular formula is C35H37Br2N3O5S. The molecule has 11 heteroatoms. The van der Waals surface area contributed by atoms with Crippen LogP contribution in [0.15, 0.2) is 111 Å². The summed E-state index contributed by atoms with van der Waals surface area (Å²) < 4.78 is 36.2. The molecule has 46 heavy (non-hydrogen) atoms. The van der Waals surface area contributed by atoms with Gasteiger partial charge in [-0.25, -0.2) is 8.42 Å². The minimum Gasteiger partial charge on any atom is -0.496 e. The lowest BCUT2D eigenvalue weighted by atomic mass is 10.0. The molecule has 4 aromatic rings. The van der Waals surface area contributed by atoms with Crippen molar-refractivity contribution in [2.24, 2.45) is 0 Å². The number of aryl methyl sites for hydroxylation is 1. The summed E-state index contributed by atoms with van der Waals surface area (Å²) >= 11 is 6.89. The number of sulfonamides is 1. The van der Waals surface area contributed by atoms with Gasteiger partial charge in [0.2, 0.25) is 11.8 Å². The summed E-state index contributed by atoms with van der Waals surface area (Å²) in [7, 11) is -2.76. The van der Waals surface area contributed by atoms with Crippen LogP contribution >= 0.6 is 31.9 Å². The number of amides is 2. The van der Waals surface area contributed by atoms with Gasteiger partial charge in [-0.05, 0) is 90.3 Å². The van der Waals surface area contributed by atoms with Gasteiger partial charge in [0.1, 0.15) is 18.3 Å². The molecule has 8 nitrogen and oxygen atoms in total. The largest absolute Gasteiger partial charge is 0.496 e. The van der Waals surface area contributed by atoms with Gasteiger partial charge >= 0.3 is 0 Å². The predicted molar refractivity (Wildman–Crippen MR) is 188 cm³/mol. The zero-order valence-electron chi connectivity index (χ0n) is 26.1. The second-order valence-corrected chi connectivity index (χ2v) is 14.8. The molecule has 4 rings (SSSR count). The summed E-state index contributed by atoms with van der Waals surface area (Å²) in [6.07, 6.45) is 0.238. The van der Waals surface area contributed by atoms with Gasteiger partial charge in [-0.3, -0.25) is 13.9 Å². The summed E-state index contributed by atoms with van der Waals surface area (Å²) in [6, 6.07) is 27.2. The molecule has 0 aromatic heterocycles. The van der Waals surface area contributed by atoms with E-state index in [0.717, 1.165) is 25.5 Å². The fraction of sp³-hybridized carbons (Fsp3) is 0.257. The average Bonchev–Trinajstić information content (AvgIpc) is 3.02. The number of hydrogen-bond donors (Lipinski definition) is 1. The molecule has 0 fully saturated rings. The lowest BCUT2D eigenvalue weighted by molar-refractivity contribution is -0.140. The van der Waals surface area contributed by atoms with Crippen molar-refractivity contribution in [3.05, 3.63) is 123 Å². The zero-order chi connectivity index (χ0) is 33.4. The van der Waals surface area contributed by atoms with Crippen molar-refractivity contribution in [1.82, 2.24) is 10.2 Å². The third-order valence-corrected chi connectivity index (χ3v) is 10.1. The highest BCUT2D eigenvalue weighted by molar-refractivity contribution is 9.10. The Balaban J connectivity index is 1.82. The lowest BCUT2D eigenvalue weighted by Crippen LogP contribution is -2.54. The van der Waals surface area contributed by atoms with Gasteiger partial charge in [-0.15, -0.1) is 0 Å². The molecule has 0 unspecified atom stereocenters. The van der Waals surface area contributed by atoms with Crippen molar-refractivity contribution in [2.75, 3.05) is 18.0 Å². The second kappa shape index (κ2) is 15.8. The first-order chi connectivity index (χ1) is 21.9. The smallest absolute Gasteiger partial charge is 0.264 e. The van der Waals surface area contributed by atoms with E-state index in [1.54, 1.807) is 30.3 Å². The molecular weight excluding hydrogens is 734 g/mol. The number of rotatable bonds is 13. The minimum absolute atomic E-state index is 0.0227. The molecule has 0 bridgehead atoms. The van der Waals surface area contributed by atoms with E-state index in [2.05, 4.69) is 37.2 Å². The number of nitrogens with one attached hydrogen (secondary N) is 1. The van der Waals surface area contributed by atoms with Crippen molar-refractivity contribution in [2.45, 2.75) is 50.7 Å². The van der Waals surface area contributed by atoms with E-state index in [4.69, 9.17) is 4.74 Å². The van der Waals surface area contributed by atoms with Gasteiger partial charge in [0.05, 0.1) is 22.2 Å². The Morgan fingerprint density at radius 2 is 1.54 bits per heavy atom. The third-order valence-electron chi connectivity index (χ3n) is 7.26. The van der Waals surface area contributed by atoms with Crippen LogP contribution in [0.3, 0.4) is 0 Å². The van der Waals surface area contributed by atoms with Crippen LogP contribution in [0.4, 0.5) is 5.69 Å². The molecule has 0 heterocycles. The number of benzene rings is 4. The van der Waals surface area contributed by atoms with Gasteiger partial charge in [0.25, 0.3) is 10.0 Å².